The predicted molar refractivity (Wildman–Crippen MR) is 155 cm³/mol. The molecule has 0 heterocycles. The molecule has 0 radical (unpaired) electrons. The lowest BCUT2D eigenvalue weighted by Gasteiger charge is -2.01. The lowest BCUT2D eigenvalue weighted by molar-refractivity contribution is 0.562. The molecule has 36 heavy (non-hydrogen) atoms. The second kappa shape index (κ2) is 37.5. The maximum atomic E-state index is 8.35. The molecular formula is C32H56N2O2. The third-order valence-electron chi connectivity index (χ3n) is 6.47. The highest BCUT2D eigenvalue weighted by molar-refractivity contribution is 5.26. The Hall–Kier alpha value is -2.02. The van der Waals surface area contributed by atoms with Crippen LogP contribution in [0.4, 0.5) is 0 Å². The topological polar surface area (TPSA) is 81.8 Å². The minimum atomic E-state index is 0.750. The zero-order valence-electron chi connectivity index (χ0n) is 23.3. The van der Waals surface area contributed by atoms with Crippen LogP contribution in [-0.4, -0.2) is 12.2 Å². The van der Waals surface area contributed by atoms with Crippen LogP contribution in [0.3, 0.4) is 0 Å². The fraction of sp³-hybridized carbons (Fsp3) is 0.750. The standard InChI is InChI=1S/3C10H18.2CHNO/c3*1-2-4-6-8-10-9-7-5-3-1;2*2-1-3/h3*1-2H,3-10H2;2*2H. The van der Waals surface area contributed by atoms with Crippen LogP contribution in [0, 0.1) is 10.8 Å². The minimum absolute atomic E-state index is 0.750. The largest absolute Gasteiger partial charge is 0.231 e. The number of hydrogen-bond donors (Lipinski definition) is 2. The lowest BCUT2D eigenvalue weighted by Crippen LogP contribution is -1.81. The summed E-state index contributed by atoms with van der Waals surface area (Å²) in [5.41, 5.74) is 0. The monoisotopic (exact) mass is 500 g/mol. The molecule has 0 amide bonds. The highest BCUT2D eigenvalue weighted by atomic mass is 16.1. The maximum absolute atomic E-state index is 8.35. The predicted octanol–water partition coefficient (Wildman–Crippen LogP) is 10.8. The molecule has 2 N–H and O–H groups in total. The first-order valence-corrected chi connectivity index (χ1v) is 14.9. The van der Waals surface area contributed by atoms with E-state index in [0.29, 0.717) is 0 Å². The molecule has 4 nitrogen and oxygen atoms in total. The first kappa shape index (κ1) is 36.1. The van der Waals surface area contributed by atoms with Crippen LogP contribution < -0.4 is 0 Å². The number of rotatable bonds is 0. The summed E-state index contributed by atoms with van der Waals surface area (Å²) < 4.78 is 0. The molecule has 0 saturated carbocycles. The maximum Gasteiger partial charge on any atom is 0.231 e. The van der Waals surface area contributed by atoms with Crippen molar-refractivity contribution in [3.63, 3.8) is 0 Å². The molecule has 4 heteroatoms. The summed E-state index contributed by atoms with van der Waals surface area (Å²) in [6.45, 7) is 0. The van der Waals surface area contributed by atoms with Gasteiger partial charge in [0, 0.05) is 0 Å². The van der Waals surface area contributed by atoms with Gasteiger partial charge >= 0.3 is 0 Å². The average Bonchev–Trinajstić information content (AvgIpc) is 2.91. The zero-order chi connectivity index (χ0) is 26.6. The van der Waals surface area contributed by atoms with E-state index in [1.807, 2.05) is 0 Å². The minimum Gasteiger partial charge on any atom is -0.222 e. The Morgan fingerprint density at radius 3 is 0.556 bits per heavy atom. The summed E-state index contributed by atoms with van der Waals surface area (Å²) in [5.74, 6) is 0. The van der Waals surface area contributed by atoms with Gasteiger partial charge < -0.3 is 0 Å². The summed E-state index contributed by atoms with van der Waals surface area (Å²) in [6, 6.07) is 0. The van der Waals surface area contributed by atoms with E-state index in [1.54, 1.807) is 0 Å². The van der Waals surface area contributed by atoms with E-state index in [1.165, 1.54) is 154 Å². The molecule has 0 aromatic heterocycles. The summed E-state index contributed by atoms with van der Waals surface area (Å²) in [6.07, 6.45) is 49.5. The summed E-state index contributed by atoms with van der Waals surface area (Å²) in [5, 5.41) is 10.8. The molecule has 0 fully saturated rings. The number of hydrogen-bond acceptors (Lipinski definition) is 4. The fourth-order valence-electron chi connectivity index (χ4n) is 4.40. The summed E-state index contributed by atoms with van der Waals surface area (Å²) >= 11 is 0. The normalized spacial score (nSPS) is 19.1. The molecule has 0 spiro atoms. The van der Waals surface area contributed by atoms with E-state index in [4.69, 9.17) is 20.4 Å². The highest BCUT2D eigenvalue weighted by Gasteiger charge is 1.93. The Morgan fingerprint density at radius 1 is 0.306 bits per heavy atom. The molecule has 0 unspecified atom stereocenters. The SMILES string of the molecule is C1=CCCCCCCCC1.C1=CCCCCCCCC1.C1=CCCCCCCCC1.N=C=O.N=C=O. The van der Waals surface area contributed by atoms with Crippen LogP contribution in [0.5, 0.6) is 0 Å². The fourth-order valence-corrected chi connectivity index (χ4v) is 4.40. The van der Waals surface area contributed by atoms with Crippen molar-refractivity contribution in [3.05, 3.63) is 36.5 Å². The molecule has 0 aromatic rings. The number of nitrogens with one attached hydrogen (secondary N) is 2. The first-order valence-electron chi connectivity index (χ1n) is 14.9. The van der Waals surface area contributed by atoms with E-state index in [-0.39, 0.29) is 0 Å². The number of carbonyl (C=O) groups excluding carboxylic acids is 2. The van der Waals surface area contributed by atoms with Gasteiger partial charge in [0.1, 0.15) is 0 Å². The van der Waals surface area contributed by atoms with Gasteiger partial charge in [-0.3, -0.25) is 0 Å². The van der Waals surface area contributed by atoms with Gasteiger partial charge in [-0.15, -0.1) is 0 Å². The van der Waals surface area contributed by atoms with Crippen molar-refractivity contribution in [2.24, 2.45) is 0 Å². The van der Waals surface area contributed by atoms with Gasteiger partial charge in [0.25, 0.3) is 0 Å². The molecule has 0 aromatic carbocycles. The number of isocyanates is 2. The quantitative estimate of drug-likeness (QED) is 0.197. The van der Waals surface area contributed by atoms with Gasteiger partial charge in [-0.2, -0.15) is 0 Å². The van der Waals surface area contributed by atoms with Crippen molar-refractivity contribution in [2.45, 2.75) is 154 Å². The Bertz CT molecular complexity index is 459. The Labute approximate surface area is 223 Å². The van der Waals surface area contributed by atoms with E-state index in [2.05, 4.69) is 36.5 Å². The lowest BCUT2D eigenvalue weighted by atomic mass is 10.1. The molecule has 0 aliphatic heterocycles. The molecule has 3 rings (SSSR count). The summed E-state index contributed by atoms with van der Waals surface area (Å²) in [4.78, 5) is 16.7. The third-order valence-corrected chi connectivity index (χ3v) is 6.47. The summed E-state index contributed by atoms with van der Waals surface area (Å²) in [7, 11) is 0. The van der Waals surface area contributed by atoms with Crippen molar-refractivity contribution >= 4 is 12.2 Å². The smallest absolute Gasteiger partial charge is 0.222 e. The average molecular weight is 501 g/mol. The van der Waals surface area contributed by atoms with Gasteiger partial charge in [-0.25, -0.2) is 20.4 Å². The first-order chi connectivity index (χ1) is 17.8. The van der Waals surface area contributed by atoms with E-state index in [9.17, 15) is 0 Å². The van der Waals surface area contributed by atoms with E-state index in [0.717, 1.165) is 12.2 Å². The van der Waals surface area contributed by atoms with Crippen LogP contribution >= 0.6 is 0 Å². The molecule has 3 aliphatic rings. The Morgan fingerprint density at radius 2 is 0.417 bits per heavy atom. The third kappa shape index (κ3) is 39.2. The van der Waals surface area contributed by atoms with Gasteiger partial charge in [-0.05, 0) is 77.0 Å². The van der Waals surface area contributed by atoms with Crippen LogP contribution in [0.25, 0.3) is 0 Å². The van der Waals surface area contributed by atoms with Gasteiger partial charge in [0.15, 0.2) is 0 Å². The second-order valence-corrected chi connectivity index (χ2v) is 9.71. The van der Waals surface area contributed by atoms with E-state index >= 15 is 0 Å². The van der Waals surface area contributed by atoms with Gasteiger partial charge in [0.05, 0.1) is 0 Å². The van der Waals surface area contributed by atoms with Crippen LogP contribution in [0.15, 0.2) is 36.5 Å². The van der Waals surface area contributed by atoms with Crippen LogP contribution in [0.2, 0.25) is 0 Å². The molecule has 3 aliphatic carbocycles. The van der Waals surface area contributed by atoms with E-state index < -0.39 is 0 Å². The van der Waals surface area contributed by atoms with Gasteiger partial charge in [-0.1, -0.05) is 114 Å². The molecule has 0 bridgehead atoms. The van der Waals surface area contributed by atoms with Gasteiger partial charge in [0.2, 0.25) is 12.2 Å². The van der Waals surface area contributed by atoms with Crippen LogP contribution in [0.1, 0.15) is 154 Å². The van der Waals surface area contributed by atoms with Crippen molar-refractivity contribution < 1.29 is 9.59 Å². The highest BCUT2D eigenvalue weighted by Crippen LogP contribution is 2.13. The zero-order valence-corrected chi connectivity index (χ0v) is 23.3. The Kier molecular flexibility index (Phi) is 37.7. The van der Waals surface area contributed by atoms with Crippen molar-refractivity contribution in [2.75, 3.05) is 0 Å². The second-order valence-electron chi connectivity index (χ2n) is 9.71. The molecule has 0 saturated heterocycles. The van der Waals surface area contributed by atoms with Crippen molar-refractivity contribution in [3.8, 4) is 0 Å². The Balaban J connectivity index is 0. The van der Waals surface area contributed by atoms with Crippen molar-refractivity contribution in [1.82, 2.24) is 0 Å². The van der Waals surface area contributed by atoms with Crippen molar-refractivity contribution in [1.29, 1.82) is 10.8 Å². The van der Waals surface area contributed by atoms with Crippen LogP contribution in [-0.2, 0) is 9.59 Å². The molecule has 206 valence electrons. The molecular weight excluding hydrogens is 444 g/mol. The number of allylic oxidation sites excluding steroid dienone is 6. The molecule has 0 atom stereocenters.